The van der Waals surface area contributed by atoms with E-state index in [0.29, 0.717) is 19.3 Å². The smallest absolute Gasteiger partial charge is 0.374 e. The van der Waals surface area contributed by atoms with E-state index in [4.69, 9.17) is 14.2 Å². The summed E-state index contributed by atoms with van der Waals surface area (Å²) in [5.74, 6) is -10.4. The Hall–Kier alpha value is -4.00. The first-order valence-electron chi connectivity index (χ1n) is 14.0. The van der Waals surface area contributed by atoms with E-state index >= 15 is 0 Å². The van der Waals surface area contributed by atoms with Crippen molar-refractivity contribution in [1.29, 1.82) is 0 Å². The SMILES string of the molecule is CCCC(C)(C)OC(=O)c1c(C(=O)O)c(C(=O)O)c(C(=O)OO)c(C(=O)OC(C)(C)CCC)c1C(=O)OC(C)(C)CCC. The monoisotopic (exact) mass is 610 g/mol. The van der Waals surface area contributed by atoms with Gasteiger partial charge in [-0.15, -0.1) is 0 Å². The number of ether oxygens (including phenoxy) is 3. The molecule has 0 radical (unpaired) electrons. The van der Waals surface area contributed by atoms with Crippen LogP contribution in [0.25, 0.3) is 0 Å². The molecule has 0 bridgehead atoms. The number of carboxylic acids is 2. The summed E-state index contributed by atoms with van der Waals surface area (Å²) in [4.78, 5) is 83.2. The molecule has 43 heavy (non-hydrogen) atoms. The van der Waals surface area contributed by atoms with Crippen molar-refractivity contribution in [3.05, 3.63) is 33.4 Å². The fourth-order valence-electron chi connectivity index (χ4n) is 4.91. The third-order valence-electron chi connectivity index (χ3n) is 6.49. The molecular formula is C30H42O13. The van der Waals surface area contributed by atoms with E-state index in [2.05, 4.69) is 4.89 Å². The number of carboxylic acid groups (broad SMARTS) is 2. The van der Waals surface area contributed by atoms with Crippen LogP contribution >= 0.6 is 0 Å². The Morgan fingerprint density at radius 3 is 0.930 bits per heavy atom. The molecule has 0 heterocycles. The van der Waals surface area contributed by atoms with Gasteiger partial charge >= 0.3 is 35.8 Å². The summed E-state index contributed by atoms with van der Waals surface area (Å²) in [6.07, 6.45) is 2.43. The molecule has 0 unspecified atom stereocenters. The Bertz CT molecular complexity index is 1270. The fraction of sp³-hybridized carbons (Fsp3) is 0.600. The van der Waals surface area contributed by atoms with Crippen LogP contribution in [-0.2, 0) is 19.1 Å². The highest BCUT2D eigenvalue weighted by atomic mass is 17.1. The largest absolute Gasteiger partial charge is 0.478 e. The molecule has 0 saturated heterocycles. The van der Waals surface area contributed by atoms with Gasteiger partial charge in [-0.2, -0.15) is 5.26 Å². The first kappa shape index (κ1) is 37.0. The Morgan fingerprint density at radius 1 is 0.488 bits per heavy atom. The first-order chi connectivity index (χ1) is 19.7. The molecule has 0 aliphatic rings. The van der Waals surface area contributed by atoms with Crippen molar-refractivity contribution in [2.45, 2.75) is 118 Å². The molecule has 0 aromatic heterocycles. The van der Waals surface area contributed by atoms with Crippen molar-refractivity contribution in [3.63, 3.8) is 0 Å². The zero-order valence-electron chi connectivity index (χ0n) is 26.2. The summed E-state index contributed by atoms with van der Waals surface area (Å²) in [6.45, 7) is 14.5. The number of hydrogen-bond acceptors (Lipinski definition) is 11. The predicted molar refractivity (Wildman–Crippen MR) is 152 cm³/mol. The summed E-state index contributed by atoms with van der Waals surface area (Å²) in [5, 5.41) is 29.6. The van der Waals surface area contributed by atoms with Gasteiger partial charge in [0.05, 0.1) is 33.4 Å². The average Bonchev–Trinajstić information content (AvgIpc) is 2.84. The minimum absolute atomic E-state index is 0.279. The van der Waals surface area contributed by atoms with Crippen LogP contribution in [0.5, 0.6) is 0 Å². The molecule has 0 fully saturated rings. The average molecular weight is 611 g/mol. The minimum atomic E-state index is -2.09. The molecule has 0 atom stereocenters. The number of aromatic carboxylic acids is 2. The zero-order chi connectivity index (χ0) is 33.5. The van der Waals surface area contributed by atoms with E-state index in [0.717, 1.165) is 0 Å². The summed E-state index contributed by atoms with van der Waals surface area (Å²) in [7, 11) is 0. The lowest BCUT2D eigenvalue weighted by molar-refractivity contribution is -0.182. The maximum Gasteiger partial charge on any atom is 0.374 e. The van der Waals surface area contributed by atoms with Crippen LogP contribution in [0.1, 0.15) is 163 Å². The number of carbonyl (C=O) groups excluding carboxylic acids is 4. The van der Waals surface area contributed by atoms with Crippen LogP contribution in [-0.4, -0.2) is 68.1 Å². The van der Waals surface area contributed by atoms with Crippen LogP contribution in [0.3, 0.4) is 0 Å². The van der Waals surface area contributed by atoms with Crippen LogP contribution in [0.2, 0.25) is 0 Å². The normalized spacial score (nSPS) is 11.9. The van der Waals surface area contributed by atoms with Gasteiger partial charge in [-0.1, -0.05) is 40.0 Å². The van der Waals surface area contributed by atoms with Crippen molar-refractivity contribution in [1.82, 2.24) is 0 Å². The van der Waals surface area contributed by atoms with Crippen LogP contribution in [0.15, 0.2) is 0 Å². The highest BCUT2D eigenvalue weighted by Crippen LogP contribution is 2.35. The molecule has 0 aliphatic carbocycles. The number of rotatable bonds is 15. The number of hydrogen-bond donors (Lipinski definition) is 3. The first-order valence-corrected chi connectivity index (χ1v) is 14.0. The number of esters is 3. The van der Waals surface area contributed by atoms with Gasteiger partial charge in [-0.25, -0.2) is 28.8 Å². The summed E-state index contributed by atoms with van der Waals surface area (Å²) in [6, 6.07) is 0. The second-order valence-corrected chi connectivity index (χ2v) is 11.9. The molecule has 0 spiro atoms. The van der Waals surface area contributed by atoms with Crippen LogP contribution in [0.4, 0.5) is 0 Å². The lowest BCUT2D eigenvalue weighted by Crippen LogP contribution is -2.37. The molecule has 3 N–H and O–H groups in total. The molecule has 0 aliphatic heterocycles. The highest BCUT2D eigenvalue weighted by Gasteiger charge is 2.45. The van der Waals surface area contributed by atoms with Crippen molar-refractivity contribution in [3.8, 4) is 0 Å². The van der Waals surface area contributed by atoms with E-state index < -0.39 is 86.0 Å². The highest BCUT2D eigenvalue weighted by molar-refractivity contribution is 6.23. The topological polar surface area (TPSA) is 200 Å². The van der Waals surface area contributed by atoms with Gasteiger partial charge in [0.2, 0.25) is 0 Å². The Labute approximate surface area is 250 Å². The van der Waals surface area contributed by atoms with Gasteiger partial charge in [0.25, 0.3) is 0 Å². The fourth-order valence-corrected chi connectivity index (χ4v) is 4.91. The van der Waals surface area contributed by atoms with E-state index in [1.54, 1.807) is 20.8 Å². The Kier molecular flexibility index (Phi) is 12.4. The van der Waals surface area contributed by atoms with Gasteiger partial charge in [0, 0.05) is 0 Å². The van der Waals surface area contributed by atoms with E-state index in [9.17, 15) is 44.2 Å². The second-order valence-electron chi connectivity index (χ2n) is 11.9. The molecule has 13 nitrogen and oxygen atoms in total. The summed E-state index contributed by atoms with van der Waals surface area (Å²) < 4.78 is 16.7. The summed E-state index contributed by atoms with van der Waals surface area (Å²) >= 11 is 0. The van der Waals surface area contributed by atoms with Crippen molar-refractivity contribution < 1.29 is 63.3 Å². The third kappa shape index (κ3) is 9.24. The van der Waals surface area contributed by atoms with Crippen LogP contribution in [0, 0.1) is 0 Å². The van der Waals surface area contributed by atoms with Gasteiger partial charge in [-0.3, -0.25) is 4.89 Å². The Balaban J connectivity index is 4.56. The van der Waals surface area contributed by atoms with Gasteiger partial charge < -0.3 is 24.4 Å². The Morgan fingerprint density at radius 2 is 0.721 bits per heavy atom. The third-order valence-corrected chi connectivity index (χ3v) is 6.49. The molecule has 240 valence electrons. The van der Waals surface area contributed by atoms with Crippen LogP contribution < -0.4 is 0 Å². The molecular weight excluding hydrogens is 568 g/mol. The lowest BCUT2D eigenvalue weighted by Gasteiger charge is -2.30. The maximum atomic E-state index is 13.9. The zero-order valence-corrected chi connectivity index (χ0v) is 26.2. The summed E-state index contributed by atoms with van der Waals surface area (Å²) in [5.41, 5.74) is -11.1. The lowest BCUT2D eigenvalue weighted by atomic mass is 9.85. The standard InChI is InChI=1S/C30H42O13/c1-10-13-28(4,5)40-24(35)18-16(22(31)32)17(23(33)34)19(27(38)43-39)21(26(37)42-30(8,9)15-12-3)20(18)25(36)41-29(6,7)14-11-2/h39H,10-15H2,1-9H3,(H,31,32)(H,33,34). The molecule has 1 aromatic rings. The second kappa shape index (κ2) is 14.5. The minimum Gasteiger partial charge on any atom is -0.478 e. The quantitative estimate of drug-likeness (QED) is 0.0915. The molecule has 0 amide bonds. The van der Waals surface area contributed by atoms with Crippen molar-refractivity contribution in [2.24, 2.45) is 0 Å². The molecule has 1 rings (SSSR count). The predicted octanol–water partition coefficient (Wildman–Crippen LogP) is 5.92. The van der Waals surface area contributed by atoms with Crippen molar-refractivity contribution >= 4 is 35.8 Å². The molecule has 1 aromatic carbocycles. The maximum absolute atomic E-state index is 13.9. The van der Waals surface area contributed by atoms with E-state index in [1.165, 1.54) is 41.5 Å². The van der Waals surface area contributed by atoms with Gasteiger partial charge in [-0.05, 0) is 60.8 Å². The molecule has 13 heteroatoms. The number of benzene rings is 1. The van der Waals surface area contributed by atoms with Crippen molar-refractivity contribution in [2.75, 3.05) is 0 Å². The number of carbonyl (C=O) groups is 6. The van der Waals surface area contributed by atoms with E-state index in [-0.39, 0.29) is 19.3 Å². The van der Waals surface area contributed by atoms with Gasteiger partial charge in [0.1, 0.15) is 16.8 Å². The van der Waals surface area contributed by atoms with Gasteiger partial charge in [0.15, 0.2) is 0 Å². The van der Waals surface area contributed by atoms with E-state index in [1.807, 2.05) is 0 Å². The molecule has 0 saturated carbocycles.